The number of anilines is 1. The molecule has 0 radical (unpaired) electrons. The van der Waals surface area contributed by atoms with Crippen molar-refractivity contribution >= 4 is 21.4 Å². The van der Waals surface area contributed by atoms with Crippen LogP contribution < -0.4 is 5.32 Å². The molecule has 1 amide bonds. The van der Waals surface area contributed by atoms with Gasteiger partial charge in [-0.15, -0.1) is 0 Å². The summed E-state index contributed by atoms with van der Waals surface area (Å²) in [6.45, 7) is 3.18. The fourth-order valence-electron chi connectivity index (χ4n) is 2.47. The second-order valence-corrected chi connectivity index (χ2v) is 8.39. The molecule has 0 aliphatic carbocycles. The van der Waals surface area contributed by atoms with Gasteiger partial charge in [0, 0.05) is 11.6 Å². The van der Waals surface area contributed by atoms with Crippen LogP contribution in [0.25, 0.3) is 0 Å². The Morgan fingerprint density at radius 3 is 2.32 bits per heavy atom. The van der Waals surface area contributed by atoms with Crippen molar-refractivity contribution in [1.82, 2.24) is 0 Å². The number of carbonyl (C=O) groups is 1. The fourth-order valence-corrected chi connectivity index (χ4v) is 4.02. The van der Waals surface area contributed by atoms with E-state index in [0.29, 0.717) is 6.07 Å². The van der Waals surface area contributed by atoms with Crippen LogP contribution in [0.4, 0.5) is 18.9 Å². The van der Waals surface area contributed by atoms with E-state index in [1.54, 1.807) is 19.1 Å². The average molecular weight is 410 g/mol. The largest absolute Gasteiger partial charge is 0.417 e. The monoisotopic (exact) mass is 410 g/mol. The number of benzene rings is 2. The van der Waals surface area contributed by atoms with Gasteiger partial charge in [-0.2, -0.15) is 18.4 Å². The lowest BCUT2D eigenvalue weighted by atomic mass is 10.1. The molecule has 28 heavy (non-hydrogen) atoms. The molecule has 5 nitrogen and oxygen atoms in total. The van der Waals surface area contributed by atoms with E-state index in [1.165, 1.54) is 25.1 Å². The molecular formula is C19H17F3N2O3S. The number of hydrogen-bond donors (Lipinski definition) is 1. The molecule has 0 aliphatic heterocycles. The Morgan fingerprint density at radius 2 is 1.79 bits per heavy atom. The predicted molar refractivity (Wildman–Crippen MR) is 97.2 cm³/mol. The number of aryl methyl sites for hydroxylation is 1. The Hall–Kier alpha value is -2.86. The van der Waals surface area contributed by atoms with Crippen LogP contribution in [-0.2, 0) is 20.8 Å². The molecule has 0 aliphatic rings. The molecule has 0 aromatic heterocycles. The number of nitrogens with zero attached hydrogens (tertiary/aromatic N) is 1. The minimum atomic E-state index is -4.76. The van der Waals surface area contributed by atoms with Crippen molar-refractivity contribution in [3.05, 3.63) is 59.2 Å². The van der Waals surface area contributed by atoms with Crippen LogP contribution in [0, 0.1) is 24.2 Å². The summed E-state index contributed by atoms with van der Waals surface area (Å²) in [6, 6.07) is 10.3. The Morgan fingerprint density at radius 1 is 1.18 bits per heavy atom. The molecule has 148 valence electrons. The maximum atomic E-state index is 13.0. The topological polar surface area (TPSA) is 87.0 Å². The second-order valence-electron chi connectivity index (χ2n) is 6.35. The molecular weight excluding hydrogens is 393 g/mol. The summed E-state index contributed by atoms with van der Waals surface area (Å²) in [5.74, 6) is -2.24. The van der Waals surface area contributed by atoms with Crippen molar-refractivity contribution in [3.63, 3.8) is 0 Å². The zero-order valence-corrected chi connectivity index (χ0v) is 15.9. The lowest BCUT2D eigenvalue weighted by Gasteiger charge is -2.15. The molecule has 2 aromatic carbocycles. The van der Waals surface area contributed by atoms with Crippen LogP contribution in [0.15, 0.2) is 47.4 Å². The van der Waals surface area contributed by atoms with Gasteiger partial charge in [-0.05, 0) is 37.3 Å². The summed E-state index contributed by atoms with van der Waals surface area (Å²) in [5, 5.41) is 11.1. The number of alkyl halides is 3. The first-order chi connectivity index (χ1) is 12.9. The molecule has 2 rings (SSSR count). The lowest BCUT2D eigenvalue weighted by Crippen LogP contribution is -2.27. The molecule has 0 saturated carbocycles. The number of rotatable bonds is 5. The second kappa shape index (κ2) is 8.02. The van der Waals surface area contributed by atoms with Crippen LogP contribution in [0.5, 0.6) is 0 Å². The minimum absolute atomic E-state index is 0.0653. The highest BCUT2D eigenvalue weighted by Gasteiger charge is 2.34. The molecule has 0 heterocycles. The predicted octanol–water partition coefficient (Wildman–Crippen LogP) is 3.93. The van der Waals surface area contributed by atoms with Crippen molar-refractivity contribution in [2.24, 2.45) is 5.92 Å². The van der Waals surface area contributed by atoms with E-state index in [9.17, 15) is 26.4 Å². The van der Waals surface area contributed by atoms with E-state index in [1.807, 2.05) is 0 Å². The summed E-state index contributed by atoms with van der Waals surface area (Å²) in [5.41, 5.74) is -1.03. The molecule has 0 bridgehead atoms. The normalized spacial score (nSPS) is 12.9. The van der Waals surface area contributed by atoms with Gasteiger partial charge in [0.1, 0.15) is 0 Å². The van der Waals surface area contributed by atoms with Crippen LogP contribution in [0.1, 0.15) is 23.6 Å². The SMILES string of the molecule is Cc1ccc(S(=O)(=O)C[C@H](C)C(=O)Nc2ccc(C#N)c(C(F)(F)F)c2)cc1. The zero-order chi connectivity index (χ0) is 21.1. The smallest absolute Gasteiger partial charge is 0.326 e. The number of nitriles is 1. The highest BCUT2D eigenvalue weighted by molar-refractivity contribution is 7.91. The molecule has 0 spiro atoms. The number of amides is 1. The summed E-state index contributed by atoms with van der Waals surface area (Å²) in [6.07, 6.45) is -4.76. The Kier molecular flexibility index (Phi) is 6.14. The van der Waals surface area contributed by atoms with Crippen LogP contribution in [0.2, 0.25) is 0 Å². The van der Waals surface area contributed by atoms with Gasteiger partial charge in [-0.25, -0.2) is 8.42 Å². The maximum Gasteiger partial charge on any atom is 0.417 e. The van der Waals surface area contributed by atoms with Crippen molar-refractivity contribution in [1.29, 1.82) is 5.26 Å². The van der Waals surface area contributed by atoms with Gasteiger partial charge < -0.3 is 5.32 Å². The van der Waals surface area contributed by atoms with Crippen molar-refractivity contribution in [3.8, 4) is 6.07 Å². The first kappa shape index (κ1) is 21.4. The van der Waals surface area contributed by atoms with Crippen LogP contribution >= 0.6 is 0 Å². The van der Waals surface area contributed by atoms with E-state index in [4.69, 9.17) is 5.26 Å². The number of carbonyl (C=O) groups excluding carboxylic acids is 1. The lowest BCUT2D eigenvalue weighted by molar-refractivity contribution is -0.137. The number of sulfone groups is 1. The van der Waals surface area contributed by atoms with Crippen LogP contribution in [-0.4, -0.2) is 20.1 Å². The third-order valence-electron chi connectivity index (χ3n) is 4.01. The minimum Gasteiger partial charge on any atom is -0.326 e. The fraction of sp³-hybridized carbons (Fsp3) is 0.263. The van der Waals surface area contributed by atoms with E-state index < -0.39 is 44.7 Å². The molecule has 0 fully saturated rings. The van der Waals surface area contributed by atoms with Gasteiger partial charge in [0.05, 0.1) is 27.8 Å². The van der Waals surface area contributed by atoms with E-state index in [0.717, 1.165) is 17.7 Å². The quantitative estimate of drug-likeness (QED) is 0.809. The highest BCUT2D eigenvalue weighted by atomic mass is 32.2. The van der Waals surface area contributed by atoms with Crippen molar-refractivity contribution in [2.45, 2.75) is 24.9 Å². The highest BCUT2D eigenvalue weighted by Crippen LogP contribution is 2.33. The molecule has 2 aromatic rings. The van der Waals surface area contributed by atoms with Gasteiger partial charge in [-0.1, -0.05) is 24.6 Å². The summed E-state index contributed by atoms with van der Waals surface area (Å²) >= 11 is 0. The maximum absolute atomic E-state index is 13.0. The van der Waals surface area contributed by atoms with Crippen molar-refractivity contribution in [2.75, 3.05) is 11.1 Å². The van der Waals surface area contributed by atoms with E-state index in [2.05, 4.69) is 5.32 Å². The van der Waals surface area contributed by atoms with Crippen LogP contribution in [0.3, 0.4) is 0 Å². The van der Waals surface area contributed by atoms with Crippen molar-refractivity contribution < 1.29 is 26.4 Å². The average Bonchev–Trinajstić information content (AvgIpc) is 2.60. The van der Waals surface area contributed by atoms with Gasteiger partial charge in [0.15, 0.2) is 9.84 Å². The van der Waals surface area contributed by atoms with Gasteiger partial charge in [0.2, 0.25) is 5.91 Å². The number of nitrogens with one attached hydrogen (secondary N) is 1. The summed E-state index contributed by atoms with van der Waals surface area (Å²) in [4.78, 5) is 12.3. The first-order valence-electron chi connectivity index (χ1n) is 8.15. The molecule has 0 unspecified atom stereocenters. The van der Waals surface area contributed by atoms with E-state index in [-0.39, 0.29) is 10.6 Å². The zero-order valence-electron chi connectivity index (χ0n) is 15.0. The summed E-state index contributed by atoms with van der Waals surface area (Å²) < 4.78 is 63.9. The molecule has 0 saturated heterocycles. The molecule has 9 heteroatoms. The van der Waals surface area contributed by atoms with Gasteiger partial charge >= 0.3 is 6.18 Å². The standard InChI is InChI=1S/C19H17F3N2O3S/c1-12-3-7-16(8-4-12)28(26,27)11-13(2)18(25)24-15-6-5-14(10-23)17(9-15)19(20,21)22/h3-9,13H,11H2,1-2H3,(H,24,25)/t13-/m0/s1. The molecule has 1 atom stereocenters. The Balaban J connectivity index is 2.16. The third kappa shape index (κ3) is 5.10. The van der Waals surface area contributed by atoms with Gasteiger partial charge in [0.25, 0.3) is 0 Å². The number of hydrogen-bond acceptors (Lipinski definition) is 4. The first-order valence-corrected chi connectivity index (χ1v) is 9.81. The van der Waals surface area contributed by atoms with Gasteiger partial charge in [-0.3, -0.25) is 4.79 Å². The Bertz CT molecular complexity index is 1020. The number of halogens is 3. The summed E-state index contributed by atoms with van der Waals surface area (Å²) in [7, 11) is -3.74. The Labute approximate surface area is 160 Å². The van der Waals surface area contributed by atoms with E-state index >= 15 is 0 Å². The molecule has 1 N–H and O–H groups in total. The third-order valence-corrected chi connectivity index (χ3v) is 5.94.